The molecule has 0 saturated heterocycles. The first kappa shape index (κ1) is 9.55. The van der Waals surface area contributed by atoms with E-state index in [-0.39, 0.29) is 0 Å². The molecule has 0 amide bonds. The van der Waals surface area contributed by atoms with Gasteiger partial charge in [0.05, 0.1) is 16.6 Å². The zero-order valence-electron chi connectivity index (χ0n) is 6.30. The lowest BCUT2D eigenvalue weighted by atomic mass is 10.2. The monoisotopic (exact) mass is 248 g/mol. The van der Waals surface area contributed by atoms with Gasteiger partial charge in [-0.2, -0.15) is 0 Å². The quantitative estimate of drug-likeness (QED) is 0.753. The Morgan fingerprint density at radius 3 is 2.75 bits per heavy atom. The molecule has 12 heavy (non-hydrogen) atoms. The summed E-state index contributed by atoms with van der Waals surface area (Å²) in [6.45, 7) is 0. The first-order valence-corrected chi connectivity index (χ1v) is 4.34. The molecule has 0 aromatic heterocycles. The molecule has 0 radical (unpaired) electrons. The fourth-order valence-corrected chi connectivity index (χ4v) is 1.41. The molecule has 64 valence electrons. The molecule has 2 nitrogen and oxygen atoms in total. The van der Waals surface area contributed by atoms with Crippen LogP contribution in [0.25, 0.3) is 0 Å². The van der Waals surface area contributed by atoms with E-state index in [1.165, 1.54) is 7.11 Å². The van der Waals surface area contributed by atoms with Gasteiger partial charge in [0, 0.05) is 5.56 Å². The minimum Gasteiger partial charge on any atom is -0.495 e. The smallest absolute Gasteiger partial charge is 0.150 e. The standard InChI is InChI=1S/C8H6BrClO2/c1-12-7-3-5(4-11)2-6(10)8(7)9/h2-4H,1H3. The van der Waals surface area contributed by atoms with Gasteiger partial charge >= 0.3 is 0 Å². The molecule has 0 bridgehead atoms. The molecular formula is C8H6BrClO2. The molecule has 1 aromatic rings. The minimum absolute atomic E-state index is 0.469. The van der Waals surface area contributed by atoms with E-state index < -0.39 is 0 Å². The summed E-state index contributed by atoms with van der Waals surface area (Å²) < 4.78 is 5.64. The second kappa shape index (κ2) is 3.92. The van der Waals surface area contributed by atoms with E-state index in [1.807, 2.05) is 0 Å². The van der Waals surface area contributed by atoms with Gasteiger partial charge in [0.15, 0.2) is 0 Å². The number of hydrogen-bond donors (Lipinski definition) is 0. The van der Waals surface area contributed by atoms with Crippen LogP contribution in [0.1, 0.15) is 10.4 Å². The SMILES string of the molecule is COc1cc(C=O)cc(Cl)c1Br. The van der Waals surface area contributed by atoms with Crippen LogP contribution >= 0.6 is 27.5 Å². The lowest BCUT2D eigenvalue weighted by Crippen LogP contribution is -1.88. The number of ether oxygens (including phenoxy) is 1. The zero-order chi connectivity index (χ0) is 9.14. The van der Waals surface area contributed by atoms with Crippen molar-refractivity contribution in [2.45, 2.75) is 0 Å². The van der Waals surface area contributed by atoms with Gasteiger partial charge in [-0.25, -0.2) is 0 Å². The molecule has 0 atom stereocenters. The third-order valence-electron chi connectivity index (χ3n) is 1.37. The lowest BCUT2D eigenvalue weighted by molar-refractivity contribution is 0.112. The molecule has 0 N–H and O–H groups in total. The summed E-state index contributed by atoms with van der Waals surface area (Å²) in [7, 11) is 1.52. The van der Waals surface area contributed by atoms with Gasteiger partial charge in [-0.1, -0.05) is 11.6 Å². The number of hydrogen-bond acceptors (Lipinski definition) is 2. The average Bonchev–Trinajstić information content (AvgIpc) is 2.09. The maximum absolute atomic E-state index is 10.4. The lowest BCUT2D eigenvalue weighted by Gasteiger charge is -2.04. The molecule has 0 unspecified atom stereocenters. The summed E-state index contributed by atoms with van der Waals surface area (Å²) in [5, 5.41) is 0.469. The van der Waals surface area contributed by atoms with E-state index in [2.05, 4.69) is 15.9 Å². The van der Waals surface area contributed by atoms with Crippen LogP contribution in [-0.4, -0.2) is 13.4 Å². The normalized spacial score (nSPS) is 9.58. The molecule has 0 aliphatic heterocycles. The Balaban J connectivity index is 3.28. The van der Waals surface area contributed by atoms with Crippen LogP contribution in [0.3, 0.4) is 0 Å². The fraction of sp³-hybridized carbons (Fsp3) is 0.125. The molecule has 0 heterocycles. The van der Waals surface area contributed by atoms with Crippen molar-refractivity contribution < 1.29 is 9.53 Å². The number of halogens is 2. The topological polar surface area (TPSA) is 26.3 Å². The van der Waals surface area contributed by atoms with Crippen molar-refractivity contribution in [3.05, 3.63) is 27.2 Å². The largest absolute Gasteiger partial charge is 0.495 e. The van der Waals surface area contributed by atoms with Crippen molar-refractivity contribution in [2.24, 2.45) is 0 Å². The molecule has 1 aromatic carbocycles. The van der Waals surface area contributed by atoms with Gasteiger partial charge in [0.1, 0.15) is 12.0 Å². The molecule has 1 rings (SSSR count). The molecule has 0 saturated carbocycles. The van der Waals surface area contributed by atoms with E-state index in [1.54, 1.807) is 12.1 Å². The van der Waals surface area contributed by atoms with Crippen molar-refractivity contribution in [2.75, 3.05) is 7.11 Å². The van der Waals surface area contributed by atoms with Gasteiger partial charge in [0.25, 0.3) is 0 Å². The average molecular weight is 249 g/mol. The molecule has 4 heteroatoms. The predicted octanol–water partition coefficient (Wildman–Crippen LogP) is 2.92. The molecule has 0 fully saturated rings. The zero-order valence-corrected chi connectivity index (χ0v) is 8.65. The summed E-state index contributed by atoms with van der Waals surface area (Å²) in [6.07, 6.45) is 0.723. The van der Waals surface area contributed by atoms with Gasteiger partial charge in [-0.15, -0.1) is 0 Å². The van der Waals surface area contributed by atoms with Crippen molar-refractivity contribution in [3.8, 4) is 5.75 Å². The summed E-state index contributed by atoms with van der Waals surface area (Å²) in [6, 6.07) is 3.18. The fourth-order valence-electron chi connectivity index (χ4n) is 0.800. The Hall–Kier alpha value is -0.540. The Kier molecular flexibility index (Phi) is 3.12. The highest BCUT2D eigenvalue weighted by Gasteiger charge is 2.06. The molecule has 0 aliphatic rings. The highest BCUT2D eigenvalue weighted by molar-refractivity contribution is 9.10. The predicted molar refractivity (Wildman–Crippen MR) is 51.1 cm³/mol. The van der Waals surface area contributed by atoms with Crippen molar-refractivity contribution in [1.82, 2.24) is 0 Å². The first-order valence-electron chi connectivity index (χ1n) is 3.17. The van der Waals surface area contributed by atoms with E-state index in [9.17, 15) is 4.79 Å². The highest BCUT2D eigenvalue weighted by Crippen LogP contribution is 2.32. The summed E-state index contributed by atoms with van der Waals surface area (Å²) in [4.78, 5) is 10.4. The van der Waals surface area contributed by atoms with Crippen molar-refractivity contribution >= 4 is 33.8 Å². The van der Waals surface area contributed by atoms with Crippen LogP contribution in [0.4, 0.5) is 0 Å². The molecule has 0 spiro atoms. The number of rotatable bonds is 2. The van der Waals surface area contributed by atoms with E-state index in [4.69, 9.17) is 16.3 Å². The summed E-state index contributed by atoms with van der Waals surface area (Å²) in [5.41, 5.74) is 0.500. The molecular weight excluding hydrogens is 243 g/mol. The first-order chi connectivity index (χ1) is 5.69. The third-order valence-corrected chi connectivity index (χ3v) is 2.72. The second-order valence-electron chi connectivity index (χ2n) is 2.14. The Labute approximate surface area is 83.6 Å². The van der Waals surface area contributed by atoms with Crippen LogP contribution in [0, 0.1) is 0 Å². The number of methoxy groups -OCH3 is 1. The van der Waals surface area contributed by atoms with Gasteiger partial charge < -0.3 is 4.74 Å². The Morgan fingerprint density at radius 1 is 1.58 bits per heavy atom. The van der Waals surface area contributed by atoms with Crippen LogP contribution in [-0.2, 0) is 0 Å². The Morgan fingerprint density at radius 2 is 2.25 bits per heavy atom. The Bertz CT molecular complexity index is 312. The molecule has 0 aliphatic carbocycles. The number of aldehydes is 1. The minimum atomic E-state index is 0.469. The maximum Gasteiger partial charge on any atom is 0.150 e. The number of carbonyl (C=O) groups is 1. The van der Waals surface area contributed by atoms with Gasteiger partial charge in [-0.3, -0.25) is 4.79 Å². The van der Waals surface area contributed by atoms with E-state index in [0.29, 0.717) is 20.8 Å². The summed E-state index contributed by atoms with van der Waals surface area (Å²) >= 11 is 9.02. The van der Waals surface area contributed by atoms with Crippen LogP contribution in [0.15, 0.2) is 16.6 Å². The van der Waals surface area contributed by atoms with Crippen molar-refractivity contribution in [1.29, 1.82) is 0 Å². The number of carbonyl (C=O) groups excluding carboxylic acids is 1. The summed E-state index contributed by atoms with van der Waals surface area (Å²) in [5.74, 6) is 0.560. The third kappa shape index (κ3) is 1.79. The maximum atomic E-state index is 10.4. The number of benzene rings is 1. The van der Waals surface area contributed by atoms with Gasteiger partial charge in [0.2, 0.25) is 0 Å². The van der Waals surface area contributed by atoms with E-state index >= 15 is 0 Å². The van der Waals surface area contributed by atoms with Crippen LogP contribution in [0.5, 0.6) is 5.75 Å². The van der Waals surface area contributed by atoms with Crippen molar-refractivity contribution in [3.63, 3.8) is 0 Å². The highest BCUT2D eigenvalue weighted by atomic mass is 79.9. The van der Waals surface area contributed by atoms with Gasteiger partial charge in [-0.05, 0) is 28.1 Å². The van der Waals surface area contributed by atoms with Crippen LogP contribution < -0.4 is 4.74 Å². The second-order valence-corrected chi connectivity index (χ2v) is 3.34. The van der Waals surface area contributed by atoms with Crippen LogP contribution in [0.2, 0.25) is 5.02 Å². The van der Waals surface area contributed by atoms with E-state index in [0.717, 1.165) is 6.29 Å².